The summed E-state index contributed by atoms with van der Waals surface area (Å²) >= 11 is 0. The van der Waals surface area contributed by atoms with Crippen LogP contribution in [0.4, 0.5) is 19.0 Å². The first-order valence-electron chi connectivity index (χ1n) is 14.5. The highest BCUT2D eigenvalue weighted by Crippen LogP contribution is 2.36. The van der Waals surface area contributed by atoms with Crippen molar-refractivity contribution in [2.75, 3.05) is 24.5 Å². The maximum absolute atomic E-state index is 12.8. The van der Waals surface area contributed by atoms with Gasteiger partial charge in [-0.15, -0.1) is 0 Å². The standard InChI is InChI=1S/C32H30F3N7/c33-32(34,35)29-8-6-21(15-37-29)10-11-41-26-13-27(41)20-40(19-26)30-9-7-23(16-38-30)28-12-24(22-4-2-1-3-5-22)18-42-31(28)25(14-36)17-39-42/h4,6-9,12,15-18,26-27H,1-3,5,10-11,13,19-20H2. The van der Waals surface area contributed by atoms with Crippen LogP contribution in [0.15, 0.2) is 61.2 Å². The van der Waals surface area contributed by atoms with Gasteiger partial charge in [-0.25, -0.2) is 9.50 Å². The molecular weight excluding hydrogens is 539 g/mol. The van der Waals surface area contributed by atoms with Crippen LogP contribution in [0.25, 0.3) is 22.2 Å². The van der Waals surface area contributed by atoms with Gasteiger partial charge in [0, 0.05) is 61.4 Å². The summed E-state index contributed by atoms with van der Waals surface area (Å²) in [4.78, 5) is 13.2. The van der Waals surface area contributed by atoms with E-state index in [1.54, 1.807) is 6.20 Å². The Morgan fingerprint density at radius 2 is 1.83 bits per heavy atom. The molecule has 3 saturated heterocycles. The molecule has 2 bridgehead atoms. The second-order valence-corrected chi connectivity index (χ2v) is 11.5. The zero-order valence-corrected chi connectivity index (χ0v) is 23.1. The summed E-state index contributed by atoms with van der Waals surface area (Å²) in [6, 6.07) is 12.0. The Labute approximate surface area is 241 Å². The molecule has 2 atom stereocenters. The third-order valence-electron chi connectivity index (χ3n) is 8.90. The first kappa shape index (κ1) is 26.7. The topological polar surface area (TPSA) is 73.4 Å². The summed E-state index contributed by atoms with van der Waals surface area (Å²) in [5, 5.41) is 14.2. The maximum Gasteiger partial charge on any atom is 0.433 e. The predicted molar refractivity (Wildman–Crippen MR) is 154 cm³/mol. The second kappa shape index (κ2) is 10.6. The van der Waals surface area contributed by atoms with Gasteiger partial charge < -0.3 is 4.90 Å². The van der Waals surface area contributed by atoms with E-state index in [4.69, 9.17) is 4.98 Å². The Kier molecular flexibility index (Phi) is 6.70. The zero-order chi connectivity index (χ0) is 28.8. The van der Waals surface area contributed by atoms with Gasteiger partial charge >= 0.3 is 6.18 Å². The van der Waals surface area contributed by atoms with Gasteiger partial charge in [0.25, 0.3) is 0 Å². The van der Waals surface area contributed by atoms with Crippen molar-refractivity contribution in [2.45, 2.75) is 56.8 Å². The molecule has 2 unspecified atom stereocenters. The minimum Gasteiger partial charge on any atom is -0.353 e. The van der Waals surface area contributed by atoms with E-state index in [0.29, 0.717) is 24.1 Å². The number of halogens is 3. The van der Waals surface area contributed by atoms with E-state index in [2.05, 4.69) is 50.2 Å². The molecule has 8 rings (SSSR count). The van der Waals surface area contributed by atoms with Crippen LogP contribution in [0, 0.1) is 11.3 Å². The molecule has 0 spiro atoms. The number of pyridine rings is 3. The zero-order valence-electron chi connectivity index (χ0n) is 23.1. The molecule has 7 nitrogen and oxygen atoms in total. The van der Waals surface area contributed by atoms with E-state index < -0.39 is 11.9 Å². The molecule has 0 radical (unpaired) electrons. The number of hydrogen-bond acceptors (Lipinski definition) is 6. The van der Waals surface area contributed by atoms with Gasteiger partial charge in [0.15, 0.2) is 0 Å². The number of hydrogen-bond donors (Lipinski definition) is 0. The summed E-state index contributed by atoms with van der Waals surface area (Å²) in [7, 11) is 0. The van der Waals surface area contributed by atoms with E-state index in [0.717, 1.165) is 78.6 Å². The minimum absolute atomic E-state index is 0.401. The van der Waals surface area contributed by atoms with Crippen molar-refractivity contribution in [1.29, 1.82) is 5.26 Å². The molecule has 4 aliphatic rings. The number of piperazine rings is 1. The molecule has 4 aromatic rings. The number of allylic oxidation sites excluding steroid dienone is 2. The first-order valence-corrected chi connectivity index (χ1v) is 14.5. The number of alkyl halides is 3. The molecule has 0 N–H and O–H groups in total. The molecular formula is C32H30F3N7. The highest BCUT2D eigenvalue weighted by molar-refractivity contribution is 5.87. The lowest BCUT2D eigenvalue weighted by atomic mass is 9.87. The molecule has 42 heavy (non-hydrogen) atoms. The summed E-state index contributed by atoms with van der Waals surface area (Å²) in [6.45, 7) is 2.53. The number of anilines is 1. The first-order chi connectivity index (χ1) is 20.4. The van der Waals surface area contributed by atoms with Crippen LogP contribution in [-0.4, -0.2) is 56.2 Å². The van der Waals surface area contributed by atoms with Gasteiger partial charge in [-0.3, -0.25) is 9.88 Å². The lowest BCUT2D eigenvalue weighted by Crippen LogP contribution is -2.69. The SMILES string of the molecule is N#Cc1cnn2cc(C3=CCCCC3)cc(-c3ccc(N4CC5CC(C4)N5CCc4ccc(C(F)(F)F)nc4)nc3)c12. The van der Waals surface area contributed by atoms with Crippen LogP contribution in [-0.2, 0) is 12.6 Å². The van der Waals surface area contributed by atoms with Crippen LogP contribution in [0.5, 0.6) is 0 Å². The van der Waals surface area contributed by atoms with Crippen molar-refractivity contribution in [3.8, 4) is 17.2 Å². The van der Waals surface area contributed by atoms with E-state index in [1.165, 1.54) is 30.7 Å². The smallest absolute Gasteiger partial charge is 0.353 e. The monoisotopic (exact) mass is 569 g/mol. The van der Waals surface area contributed by atoms with Crippen molar-refractivity contribution in [2.24, 2.45) is 0 Å². The van der Waals surface area contributed by atoms with Crippen LogP contribution >= 0.6 is 0 Å². The average Bonchev–Trinajstić information content (AvgIpc) is 3.44. The highest BCUT2D eigenvalue weighted by Gasteiger charge is 2.44. The van der Waals surface area contributed by atoms with Crippen molar-refractivity contribution in [1.82, 2.24) is 24.5 Å². The average molecular weight is 570 g/mol. The number of fused-ring (bicyclic) bond motifs is 3. The van der Waals surface area contributed by atoms with E-state index in [1.807, 2.05) is 16.9 Å². The van der Waals surface area contributed by atoms with Gasteiger partial charge in [0.05, 0.1) is 17.3 Å². The van der Waals surface area contributed by atoms with Crippen molar-refractivity contribution in [3.05, 3.63) is 83.6 Å². The second-order valence-electron chi connectivity index (χ2n) is 11.5. The summed E-state index contributed by atoms with van der Waals surface area (Å²) < 4.78 is 40.2. The number of piperidine rings is 1. The van der Waals surface area contributed by atoms with Crippen molar-refractivity contribution < 1.29 is 13.2 Å². The summed E-state index contributed by atoms with van der Waals surface area (Å²) in [5.74, 6) is 0.927. The fraction of sp³-hybridized carbons (Fsp3) is 0.375. The Balaban J connectivity index is 1.05. The van der Waals surface area contributed by atoms with Crippen LogP contribution in [0.2, 0.25) is 0 Å². The quantitative estimate of drug-likeness (QED) is 0.278. The lowest BCUT2D eigenvalue weighted by Gasteiger charge is -2.56. The fourth-order valence-corrected chi connectivity index (χ4v) is 6.67. The lowest BCUT2D eigenvalue weighted by molar-refractivity contribution is -0.141. The maximum atomic E-state index is 12.8. The predicted octanol–water partition coefficient (Wildman–Crippen LogP) is 6.14. The largest absolute Gasteiger partial charge is 0.433 e. The van der Waals surface area contributed by atoms with Crippen molar-refractivity contribution >= 4 is 16.9 Å². The Morgan fingerprint density at radius 1 is 0.976 bits per heavy atom. The van der Waals surface area contributed by atoms with Gasteiger partial charge in [-0.1, -0.05) is 12.1 Å². The van der Waals surface area contributed by atoms with Crippen molar-refractivity contribution in [3.63, 3.8) is 0 Å². The Bertz CT molecular complexity index is 1670. The molecule has 7 heterocycles. The Hall–Kier alpha value is -4.23. The fourth-order valence-electron chi connectivity index (χ4n) is 6.67. The minimum atomic E-state index is -4.41. The van der Waals surface area contributed by atoms with Gasteiger partial charge in [-0.05, 0) is 79.5 Å². The molecule has 0 amide bonds. The number of rotatable bonds is 6. The Morgan fingerprint density at radius 3 is 2.50 bits per heavy atom. The molecule has 3 fully saturated rings. The third-order valence-corrected chi connectivity index (χ3v) is 8.90. The molecule has 1 aliphatic carbocycles. The normalized spacial score (nSPS) is 20.7. The number of nitrogens with zero attached hydrogens (tertiary/aromatic N) is 7. The van der Waals surface area contributed by atoms with E-state index >= 15 is 0 Å². The van der Waals surface area contributed by atoms with Crippen LogP contribution < -0.4 is 4.90 Å². The third kappa shape index (κ3) is 4.92. The summed E-state index contributed by atoms with van der Waals surface area (Å²) in [5.41, 5.74) is 5.68. The molecule has 4 aromatic heterocycles. The molecule has 10 heteroatoms. The molecule has 3 aliphatic heterocycles. The summed E-state index contributed by atoms with van der Waals surface area (Å²) in [6.07, 6.45) is 11.1. The van der Waals surface area contributed by atoms with E-state index in [-0.39, 0.29) is 0 Å². The molecule has 0 aromatic carbocycles. The molecule has 0 saturated carbocycles. The highest BCUT2D eigenvalue weighted by atomic mass is 19.4. The van der Waals surface area contributed by atoms with Gasteiger partial charge in [-0.2, -0.15) is 23.5 Å². The number of nitriles is 1. The van der Waals surface area contributed by atoms with Crippen LogP contribution in [0.3, 0.4) is 0 Å². The van der Waals surface area contributed by atoms with E-state index in [9.17, 15) is 18.4 Å². The molecule has 214 valence electrons. The van der Waals surface area contributed by atoms with Gasteiger partial charge in [0.1, 0.15) is 17.6 Å². The van der Waals surface area contributed by atoms with Crippen LogP contribution in [0.1, 0.15) is 54.5 Å². The van der Waals surface area contributed by atoms with Gasteiger partial charge in [0.2, 0.25) is 0 Å². The number of aromatic nitrogens is 4.